The molecule has 0 spiro atoms. The number of nitro groups is 1. The molecule has 194 valence electrons. The molecule has 1 aliphatic carbocycles. The third-order valence-corrected chi connectivity index (χ3v) is 8.43. The van der Waals surface area contributed by atoms with Crippen LogP contribution in [0.4, 0.5) is 16.4 Å². The molecule has 4 aromatic rings. The molecule has 1 amide bonds. The first-order chi connectivity index (χ1) is 18.2. The second-order valence-corrected chi connectivity index (χ2v) is 10.9. The standard InChI is InChI=1S/C30H30N4O3S/c1-18-12-13-23(14-19(18)2)32-29(35)28-26-10-5-6-11-27(26)38-30(28)31-17-22-15-20(3)33(21(22)4)24-8-7-9-25(16-24)34(36)37/h7-9,12-17H,5-6,10-11H2,1-4H3,(H,32,35). The summed E-state index contributed by atoms with van der Waals surface area (Å²) in [5, 5.41) is 15.1. The van der Waals surface area contributed by atoms with Gasteiger partial charge in [0.05, 0.1) is 16.2 Å². The SMILES string of the molecule is Cc1ccc(NC(=O)c2c(N=Cc3cc(C)n(-c4cccc([N+](=O)[O-])c4)c3C)sc3c2CCCC3)cc1C. The molecule has 2 heterocycles. The fourth-order valence-electron chi connectivity index (χ4n) is 5.08. The van der Waals surface area contributed by atoms with Crippen LogP contribution >= 0.6 is 11.3 Å². The van der Waals surface area contributed by atoms with Crippen LogP contribution in [0, 0.1) is 37.8 Å². The highest BCUT2D eigenvalue weighted by molar-refractivity contribution is 7.16. The monoisotopic (exact) mass is 526 g/mol. The number of carbonyl (C=O) groups is 1. The maximum atomic E-state index is 13.5. The van der Waals surface area contributed by atoms with Gasteiger partial charge in [0, 0.05) is 45.9 Å². The number of aryl methyl sites for hydroxylation is 4. The van der Waals surface area contributed by atoms with E-state index in [9.17, 15) is 14.9 Å². The molecule has 0 aliphatic heterocycles. The van der Waals surface area contributed by atoms with Gasteiger partial charge in [-0.3, -0.25) is 14.9 Å². The zero-order valence-electron chi connectivity index (χ0n) is 22.0. The fourth-order valence-corrected chi connectivity index (χ4v) is 6.31. The quantitative estimate of drug-likeness (QED) is 0.160. The Hall–Kier alpha value is -4.04. The van der Waals surface area contributed by atoms with E-state index in [0.29, 0.717) is 5.56 Å². The van der Waals surface area contributed by atoms with Gasteiger partial charge in [0.1, 0.15) is 5.00 Å². The van der Waals surface area contributed by atoms with Crippen LogP contribution in [0.5, 0.6) is 0 Å². The highest BCUT2D eigenvalue weighted by Crippen LogP contribution is 2.40. The van der Waals surface area contributed by atoms with Crippen molar-refractivity contribution in [2.24, 2.45) is 4.99 Å². The highest BCUT2D eigenvalue weighted by Gasteiger charge is 2.25. The third-order valence-electron chi connectivity index (χ3n) is 7.23. The van der Waals surface area contributed by atoms with E-state index in [4.69, 9.17) is 4.99 Å². The molecule has 0 atom stereocenters. The Balaban J connectivity index is 1.49. The van der Waals surface area contributed by atoms with Crippen molar-refractivity contribution in [3.05, 3.63) is 103 Å². The summed E-state index contributed by atoms with van der Waals surface area (Å²) < 4.78 is 1.99. The molecule has 2 aromatic heterocycles. The van der Waals surface area contributed by atoms with E-state index in [1.165, 1.54) is 16.5 Å². The molecule has 2 aromatic carbocycles. The third kappa shape index (κ3) is 4.91. The number of anilines is 1. The Kier molecular flexibility index (Phi) is 6.99. The number of aromatic nitrogens is 1. The Labute approximate surface area is 226 Å². The molecule has 5 rings (SSSR count). The van der Waals surface area contributed by atoms with E-state index in [1.54, 1.807) is 29.7 Å². The van der Waals surface area contributed by atoms with Gasteiger partial charge in [0.15, 0.2) is 0 Å². The largest absolute Gasteiger partial charge is 0.322 e. The van der Waals surface area contributed by atoms with E-state index in [0.717, 1.165) is 70.1 Å². The minimum atomic E-state index is -0.386. The molecule has 38 heavy (non-hydrogen) atoms. The van der Waals surface area contributed by atoms with Crippen LogP contribution in [-0.2, 0) is 12.8 Å². The molecule has 0 radical (unpaired) electrons. The van der Waals surface area contributed by atoms with Gasteiger partial charge in [0.2, 0.25) is 0 Å². The topological polar surface area (TPSA) is 89.5 Å². The van der Waals surface area contributed by atoms with E-state index in [1.807, 2.05) is 55.7 Å². The minimum absolute atomic E-state index is 0.0498. The number of nitro benzene ring substituents is 1. The predicted molar refractivity (Wildman–Crippen MR) is 154 cm³/mol. The van der Waals surface area contributed by atoms with Crippen molar-refractivity contribution in [2.75, 3.05) is 5.32 Å². The number of nitrogens with one attached hydrogen (secondary N) is 1. The van der Waals surface area contributed by atoms with Crippen LogP contribution < -0.4 is 5.32 Å². The van der Waals surface area contributed by atoms with Gasteiger partial charge in [-0.1, -0.05) is 12.1 Å². The van der Waals surface area contributed by atoms with Crippen LogP contribution in [0.3, 0.4) is 0 Å². The molecular weight excluding hydrogens is 496 g/mol. The number of benzene rings is 2. The van der Waals surface area contributed by atoms with Gasteiger partial charge in [-0.25, -0.2) is 4.99 Å². The molecule has 1 N–H and O–H groups in total. The molecular formula is C30H30N4O3S. The van der Waals surface area contributed by atoms with Crippen LogP contribution in [0.1, 0.15) is 61.7 Å². The molecule has 0 unspecified atom stereocenters. The van der Waals surface area contributed by atoms with E-state index in [2.05, 4.69) is 12.2 Å². The lowest BCUT2D eigenvalue weighted by Gasteiger charge is -2.13. The van der Waals surface area contributed by atoms with Gasteiger partial charge in [-0.15, -0.1) is 11.3 Å². The molecule has 7 nitrogen and oxygen atoms in total. The lowest BCUT2D eigenvalue weighted by atomic mass is 9.95. The number of aliphatic imine (C=N–C) groups is 1. The maximum absolute atomic E-state index is 13.5. The second kappa shape index (κ2) is 10.4. The molecule has 1 aliphatic rings. The minimum Gasteiger partial charge on any atom is -0.322 e. The van der Waals surface area contributed by atoms with Crippen LogP contribution in [-0.4, -0.2) is 21.6 Å². The number of thiophene rings is 1. The molecule has 8 heteroatoms. The zero-order chi connectivity index (χ0) is 27.0. The number of rotatable bonds is 6. The van der Waals surface area contributed by atoms with Crippen LogP contribution in [0.15, 0.2) is 53.5 Å². The molecule has 0 saturated heterocycles. The zero-order valence-corrected chi connectivity index (χ0v) is 22.8. The molecule has 0 fully saturated rings. The number of nitrogens with zero attached hydrogens (tertiary/aromatic N) is 3. The summed E-state index contributed by atoms with van der Waals surface area (Å²) in [6, 6.07) is 14.6. The van der Waals surface area contributed by atoms with Gasteiger partial charge in [-0.2, -0.15) is 0 Å². The molecule has 0 saturated carbocycles. The van der Waals surface area contributed by atoms with E-state index < -0.39 is 0 Å². The fraction of sp³-hybridized carbons (Fsp3) is 0.267. The summed E-state index contributed by atoms with van der Waals surface area (Å²) in [5.74, 6) is -0.123. The smallest absolute Gasteiger partial charge is 0.271 e. The first-order valence-corrected chi connectivity index (χ1v) is 13.6. The Morgan fingerprint density at radius 2 is 1.84 bits per heavy atom. The lowest BCUT2D eigenvalue weighted by Crippen LogP contribution is -2.15. The first kappa shape index (κ1) is 25.6. The van der Waals surface area contributed by atoms with Crippen molar-refractivity contribution in [3.8, 4) is 5.69 Å². The lowest BCUT2D eigenvalue weighted by molar-refractivity contribution is -0.384. The Bertz CT molecular complexity index is 1600. The average Bonchev–Trinajstić information content (AvgIpc) is 3.41. The number of non-ortho nitro benzene ring substituents is 1. The van der Waals surface area contributed by atoms with Crippen LogP contribution in [0.25, 0.3) is 5.69 Å². The average molecular weight is 527 g/mol. The van der Waals surface area contributed by atoms with Gasteiger partial charge < -0.3 is 9.88 Å². The van der Waals surface area contributed by atoms with Crippen molar-refractivity contribution in [1.82, 2.24) is 4.57 Å². The highest BCUT2D eigenvalue weighted by atomic mass is 32.1. The van der Waals surface area contributed by atoms with E-state index >= 15 is 0 Å². The summed E-state index contributed by atoms with van der Waals surface area (Å²) >= 11 is 1.60. The second-order valence-electron chi connectivity index (χ2n) is 9.84. The Morgan fingerprint density at radius 1 is 1.05 bits per heavy atom. The van der Waals surface area contributed by atoms with Crippen molar-refractivity contribution in [3.63, 3.8) is 0 Å². The van der Waals surface area contributed by atoms with Gasteiger partial charge >= 0.3 is 0 Å². The number of fused-ring (bicyclic) bond motifs is 1. The normalized spacial score (nSPS) is 13.1. The van der Waals surface area contributed by atoms with Crippen molar-refractivity contribution < 1.29 is 9.72 Å². The summed E-state index contributed by atoms with van der Waals surface area (Å²) in [7, 11) is 0. The summed E-state index contributed by atoms with van der Waals surface area (Å²) in [6.45, 7) is 8.03. The van der Waals surface area contributed by atoms with E-state index in [-0.39, 0.29) is 16.5 Å². The van der Waals surface area contributed by atoms with Crippen molar-refractivity contribution in [1.29, 1.82) is 0 Å². The van der Waals surface area contributed by atoms with Crippen molar-refractivity contribution in [2.45, 2.75) is 53.4 Å². The number of hydrogen-bond donors (Lipinski definition) is 1. The summed E-state index contributed by atoms with van der Waals surface area (Å²) in [5.41, 5.74) is 8.45. The Morgan fingerprint density at radius 3 is 2.61 bits per heavy atom. The maximum Gasteiger partial charge on any atom is 0.271 e. The van der Waals surface area contributed by atoms with Crippen LogP contribution in [0.2, 0.25) is 0 Å². The molecule has 0 bridgehead atoms. The van der Waals surface area contributed by atoms with Crippen molar-refractivity contribution >= 4 is 39.8 Å². The summed E-state index contributed by atoms with van der Waals surface area (Å²) in [4.78, 5) is 30.5. The first-order valence-electron chi connectivity index (χ1n) is 12.7. The predicted octanol–water partition coefficient (Wildman–Crippen LogP) is 7.56. The number of carbonyl (C=O) groups excluding carboxylic acids is 1. The number of hydrogen-bond acceptors (Lipinski definition) is 5. The summed E-state index contributed by atoms with van der Waals surface area (Å²) in [6.07, 6.45) is 5.86. The number of amides is 1. The van der Waals surface area contributed by atoms with Gasteiger partial charge in [-0.05, 0) is 94.3 Å². The van der Waals surface area contributed by atoms with Gasteiger partial charge in [0.25, 0.3) is 11.6 Å².